The Hall–Kier alpha value is -3.75. The van der Waals surface area contributed by atoms with E-state index in [9.17, 15) is 13.2 Å². The number of ether oxygens (including phenoxy) is 3. The lowest BCUT2D eigenvalue weighted by Gasteiger charge is -2.13. The number of fused-ring (bicyclic) bond motifs is 1. The summed E-state index contributed by atoms with van der Waals surface area (Å²) in [5, 5.41) is 3.96. The van der Waals surface area contributed by atoms with Crippen LogP contribution in [0.3, 0.4) is 0 Å². The quantitative estimate of drug-likeness (QED) is 0.441. The van der Waals surface area contributed by atoms with Gasteiger partial charge in [0.05, 0.1) is 33.2 Å². The van der Waals surface area contributed by atoms with Crippen LogP contribution in [0.4, 0.5) is 13.2 Å². The lowest BCUT2D eigenvalue weighted by molar-refractivity contribution is -0.142. The molecule has 6 nitrogen and oxygen atoms in total. The summed E-state index contributed by atoms with van der Waals surface area (Å²) < 4.78 is 58.0. The van der Waals surface area contributed by atoms with E-state index in [4.69, 9.17) is 14.2 Å². The standard InChI is InChI=1S/C22H18F3N3O3/c1-29-15-7-4-13(5-8-15)16-12-26-28-20(22(23,24)25)11-17(27-21(16)28)14-6-9-18(30-2)19(10-14)31-3/h4-12H,1-3H3. The van der Waals surface area contributed by atoms with Gasteiger partial charge < -0.3 is 14.2 Å². The minimum absolute atomic E-state index is 0.0878. The molecule has 0 saturated carbocycles. The maximum absolute atomic E-state index is 13.8. The number of nitrogens with zero attached hydrogens (tertiary/aromatic N) is 3. The van der Waals surface area contributed by atoms with Crippen molar-refractivity contribution in [1.82, 2.24) is 14.6 Å². The van der Waals surface area contributed by atoms with Crippen LogP contribution in [0, 0.1) is 0 Å². The van der Waals surface area contributed by atoms with Gasteiger partial charge in [0.15, 0.2) is 22.8 Å². The van der Waals surface area contributed by atoms with Gasteiger partial charge in [-0.15, -0.1) is 0 Å². The minimum Gasteiger partial charge on any atom is -0.497 e. The molecule has 0 aliphatic carbocycles. The van der Waals surface area contributed by atoms with E-state index in [2.05, 4.69) is 10.1 Å². The Morgan fingerprint density at radius 3 is 2.10 bits per heavy atom. The molecule has 31 heavy (non-hydrogen) atoms. The number of hydrogen-bond donors (Lipinski definition) is 0. The molecule has 0 amide bonds. The first-order valence-electron chi connectivity index (χ1n) is 9.18. The third-order valence-electron chi connectivity index (χ3n) is 4.84. The summed E-state index contributed by atoms with van der Waals surface area (Å²) in [6, 6.07) is 12.7. The molecular formula is C22H18F3N3O3. The highest BCUT2D eigenvalue weighted by Gasteiger charge is 2.35. The zero-order valence-electron chi connectivity index (χ0n) is 16.9. The van der Waals surface area contributed by atoms with Crippen LogP contribution in [0.1, 0.15) is 5.69 Å². The van der Waals surface area contributed by atoms with Gasteiger partial charge >= 0.3 is 6.18 Å². The number of methoxy groups -OCH3 is 3. The van der Waals surface area contributed by atoms with Crippen LogP contribution in [0.15, 0.2) is 54.7 Å². The molecule has 4 rings (SSSR count). The lowest BCUT2D eigenvalue weighted by atomic mass is 10.1. The van der Waals surface area contributed by atoms with Gasteiger partial charge in [-0.05, 0) is 42.0 Å². The van der Waals surface area contributed by atoms with Gasteiger partial charge in [-0.2, -0.15) is 18.3 Å². The van der Waals surface area contributed by atoms with Crippen molar-refractivity contribution >= 4 is 5.65 Å². The molecule has 0 aliphatic heterocycles. The van der Waals surface area contributed by atoms with Gasteiger partial charge in [-0.1, -0.05) is 12.1 Å². The van der Waals surface area contributed by atoms with E-state index in [0.29, 0.717) is 33.9 Å². The number of benzene rings is 2. The van der Waals surface area contributed by atoms with Crippen LogP contribution in [-0.2, 0) is 6.18 Å². The van der Waals surface area contributed by atoms with E-state index in [1.54, 1.807) is 42.5 Å². The summed E-state index contributed by atoms with van der Waals surface area (Å²) >= 11 is 0. The Morgan fingerprint density at radius 2 is 1.48 bits per heavy atom. The van der Waals surface area contributed by atoms with Crippen molar-refractivity contribution in [2.75, 3.05) is 21.3 Å². The maximum Gasteiger partial charge on any atom is 0.433 e. The highest BCUT2D eigenvalue weighted by atomic mass is 19.4. The third-order valence-corrected chi connectivity index (χ3v) is 4.84. The van der Waals surface area contributed by atoms with Crippen LogP contribution >= 0.6 is 0 Å². The summed E-state index contributed by atoms with van der Waals surface area (Å²) in [6.45, 7) is 0. The Morgan fingerprint density at radius 1 is 0.806 bits per heavy atom. The molecule has 0 aliphatic rings. The molecule has 0 atom stereocenters. The minimum atomic E-state index is -4.63. The molecule has 2 aromatic carbocycles. The molecule has 9 heteroatoms. The first kappa shape index (κ1) is 20.5. The Kier molecular flexibility index (Phi) is 5.18. The van der Waals surface area contributed by atoms with Gasteiger partial charge in [0.25, 0.3) is 0 Å². The average molecular weight is 429 g/mol. The van der Waals surface area contributed by atoms with E-state index in [1.807, 2.05) is 0 Å². The number of alkyl halides is 3. The molecule has 0 spiro atoms. The van der Waals surface area contributed by atoms with Crippen molar-refractivity contribution in [3.8, 4) is 39.6 Å². The third kappa shape index (κ3) is 3.74. The van der Waals surface area contributed by atoms with E-state index in [1.165, 1.54) is 27.5 Å². The Labute approximate surface area is 175 Å². The number of aromatic nitrogens is 3. The first-order valence-corrected chi connectivity index (χ1v) is 9.18. The fourth-order valence-corrected chi connectivity index (χ4v) is 3.28. The van der Waals surface area contributed by atoms with Gasteiger partial charge in [0.1, 0.15) is 5.75 Å². The van der Waals surface area contributed by atoms with Crippen molar-refractivity contribution in [2.45, 2.75) is 6.18 Å². The van der Waals surface area contributed by atoms with Crippen molar-refractivity contribution in [3.05, 3.63) is 60.4 Å². The fraction of sp³-hybridized carbons (Fsp3) is 0.182. The summed E-state index contributed by atoms with van der Waals surface area (Å²) in [5.41, 5.74) is 0.881. The summed E-state index contributed by atoms with van der Waals surface area (Å²) in [7, 11) is 4.48. The second kappa shape index (κ2) is 7.82. The van der Waals surface area contributed by atoms with Crippen molar-refractivity contribution < 1.29 is 27.4 Å². The SMILES string of the molecule is COc1ccc(-c2cnn3c(C(F)(F)F)cc(-c4ccc(OC)c(OC)c4)nc23)cc1. The zero-order chi connectivity index (χ0) is 22.2. The highest BCUT2D eigenvalue weighted by Crippen LogP contribution is 2.37. The molecule has 0 N–H and O–H groups in total. The highest BCUT2D eigenvalue weighted by molar-refractivity contribution is 5.79. The lowest BCUT2D eigenvalue weighted by Crippen LogP contribution is -2.13. The smallest absolute Gasteiger partial charge is 0.433 e. The first-order chi connectivity index (χ1) is 14.9. The predicted octanol–water partition coefficient (Wildman–Crippen LogP) is 5.11. The van der Waals surface area contributed by atoms with E-state index in [0.717, 1.165) is 10.6 Å². The molecule has 4 aromatic rings. The average Bonchev–Trinajstić information content (AvgIpc) is 3.21. The van der Waals surface area contributed by atoms with Crippen LogP contribution in [0.25, 0.3) is 28.0 Å². The topological polar surface area (TPSA) is 57.9 Å². The summed E-state index contributed by atoms with van der Waals surface area (Å²) in [4.78, 5) is 4.50. The Balaban J connectivity index is 1.94. The van der Waals surface area contributed by atoms with Gasteiger partial charge in [0.2, 0.25) is 0 Å². The monoisotopic (exact) mass is 429 g/mol. The second-order valence-corrected chi connectivity index (χ2v) is 6.62. The van der Waals surface area contributed by atoms with Gasteiger partial charge in [-0.3, -0.25) is 0 Å². The molecule has 0 saturated heterocycles. The van der Waals surface area contributed by atoms with Crippen LogP contribution in [0.5, 0.6) is 17.2 Å². The van der Waals surface area contributed by atoms with Gasteiger partial charge in [-0.25, -0.2) is 9.50 Å². The van der Waals surface area contributed by atoms with Gasteiger partial charge in [0, 0.05) is 11.1 Å². The van der Waals surface area contributed by atoms with Crippen molar-refractivity contribution in [1.29, 1.82) is 0 Å². The summed E-state index contributed by atoms with van der Waals surface area (Å²) in [6.07, 6.45) is -3.26. The van der Waals surface area contributed by atoms with Crippen LogP contribution in [0.2, 0.25) is 0 Å². The molecule has 0 radical (unpaired) electrons. The molecule has 2 heterocycles. The van der Waals surface area contributed by atoms with Crippen molar-refractivity contribution in [2.24, 2.45) is 0 Å². The number of halogens is 3. The normalized spacial score (nSPS) is 11.5. The fourth-order valence-electron chi connectivity index (χ4n) is 3.28. The zero-order valence-corrected chi connectivity index (χ0v) is 16.9. The summed E-state index contributed by atoms with van der Waals surface area (Å²) in [5.74, 6) is 1.49. The predicted molar refractivity (Wildman–Crippen MR) is 109 cm³/mol. The van der Waals surface area contributed by atoms with Crippen LogP contribution in [-0.4, -0.2) is 35.9 Å². The van der Waals surface area contributed by atoms with Crippen LogP contribution < -0.4 is 14.2 Å². The largest absolute Gasteiger partial charge is 0.497 e. The number of rotatable bonds is 5. The molecule has 0 unspecified atom stereocenters. The maximum atomic E-state index is 13.8. The molecule has 160 valence electrons. The Bertz CT molecular complexity index is 1230. The molecular weight excluding hydrogens is 411 g/mol. The van der Waals surface area contributed by atoms with E-state index < -0.39 is 11.9 Å². The molecule has 0 fully saturated rings. The van der Waals surface area contributed by atoms with Crippen molar-refractivity contribution in [3.63, 3.8) is 0 Å². The van der Waals surface area contributed by atoms with E-state index in [-0.39, 0.29) is 11.3 Å². The molecule has 2 aromatic heterocycles. The van der Waals surface area contributed by atoms with E-state index >= 15 is 0 Å². The molecule has 0 bridgehead atoms. The second-order valence-electron chi connectivity index (χ2n) is 6.62. The number of hydrogen-bond acceptors (Lipinski definition) is 5.